The summed E-state index contributed by atoms with van der Waals surface area (Å²) in [7, 11) is 0. The minimum absolute atomic E-state index is 0.0202. The molecule has 1 N–H and O–H groups in total. The lowest BCUT2D eigenvalue weighted by molar-refractivity contribution is -0.115. The molecule has 1 aromatic carbocycles. The molecule has 106 valence electrons. The molecule has 3 rings (SSSR count). The van der Waals surface area contributed by atoms with Gasteiger partial charge in [-0.25, -0.2) is 0 Å². The number of carbonyl (C=O) groups is 2. The molecule has 0 unspecified atom stereocenters. The van der Waals surface area contributed by atoms with Crippen molar-refractivity contribution in [1.82, 2.24) is 0 Å². The highest BCUT2D eigenvalue weighted by Crippen LogP contribution is 2.29. The van der Waals surface area contributed by atoms with Gasteiger partial charge in [0.25, 0.3) is 0 Å². The zero-order chi connectivity index (χ0) is 13.9. The summed E-state index contributed by atoms with van der Waals surface area (Å²) in [6.07, 6.45) is 8.65. The van der Waals surface area contributed by atoms with Gasteiger partial charge in [-0.1, -0.05) is 32.1 Å². The van der Waals surface area contributed by atoms with Gasteiger partial charge in [-0.3, -0.25) is 9.59 Å². The predicted octanol–water partition coefficient (Wildman–Crippen LogP) is 3.72. The van der Waals surface area contributed by atoms with Crippen LogP contribution in [-0.4, -0.2) is 11.7 Å². The lowest BCUT2D eigenvalue weighted by Crippen LogP contribution is -2.09. The second-order valence-corrected chi connectivity index (χ2v) is 6.06. The molecule has 0 aromatic heterocycles. The normalized spacial score (nSPS) is 18.7. The number of hydrogen-bond acceptors (Lipinski definition) is 2. The third kappa shape index (κ3) is 2.92. The highest BCUT2D eigenvalue weighted by Gasteiger charge is 2.20. The molecule has 1 aliphatic heterocycles. The topological polar surface area (TPSA) is 46.2 Å². The molecule has 1 fully saturated rings. The smallest absolute Gasteiger partial charge is 0.228 e. The van der Waals surface area contributed by atoms with Gasteiger partial charge in [-0.15, -0.1) is 0 Å². The maximum atomic E-state index is 12.3. The summed E-state index contributed by atoms with van der Waals surface area (Å²) in [6, 6.07) is 5.58. The number of benzene rings is 1. The van der Waals surface area contributed by atoms with Gasteiger partial charge in [0.1, 0.15) is 0 Å². The molecular formula is C17H21NO2. The van der Waals surface area contributed by atoms with E-state index in [0.29, 0.717) is 12.8 Å². The van der Waals surface area contributed by atoms with Gasteiger partial charge in [0.15, 0.2) is 5.78 Å². The maximum absolute atomic E-state index is 12.3. The lowest BCUT2D eigenvalue weighted by Gasteiger charge is -2.20. The van der Waals surface area contributed by atoms with Crippen molar-refractivity contribution in [3.05, 3.63) is 29.3 Å². The van der Waals surface area contributed by atoms with Crippen molar-refractivity contribution in [2.45, 2.75) is 51.4 Å². The van der Waals surface area contributed by atoms with Crippen LogP contribution < -0.4 is 5.32 Å². The third-order valence-corrected chi connectivity index (χ3v) is 4.56. The minimum Gasteiger partial charge on any atom is -0.326 e. The van der Waals surface area contributed by atoms with Crippen LogP contribution in [0.2, 0.25) is 0 Å². The van der Waals surface area contributed by atoms with Gasteiger partial charge in [-0.2, -0.15) is 0 Å². The van der Waals surface area contributed by atoms with Crippen LogP contribution in [0.4, 0.5) is 5.69 Å². The predicted molar refractivity (Wildman–Crippen MR) is 78.9 cm³/mol. The van der Waals surface area contributed by atoms with Gasteiger partial charge < -0.3 is 5.32 Å². The molecule has 1 heterocycles. The largest absolute Gasteiger partial charge is 0.326 e. The molecule has 3 nitrogen and oxygen atoms in total. The fourth-order valence-corrected chi connectivity index (χ4v) is 3.36. The zero-order valence-corrected chi connectivity index (χ0v) is 11.8. The third-order valence-electron chi connectivity index (χ3n) is 4.56. The Balaban J connectivity index is 1.60. The van der Waals surface area contributed by atoms with E-state index in [1.54, 1.807) is 0 Å². The molecule has 3 heteroatoms. The van der Waals surface area contributed by atoms with Crippen LogP contribution in [0.5, 0.6) is 0 Å². The van der Waals surface area contributed by atoms with E-state index in [9.17, 15) is 9.59 Å². The van der Waals surface area contributed by atoms with Gasteiger partial charge in [0.2, 0.25) is 5.91 Å². The molecule has 0 spiro atoms. The number of fused-ring (bicyclic) bond motifs is 1. The number of Topliss-reactive ketones (excluding diaryl/α,β-unsaturated/α-hetero) is 1. The Morgan fingerprint density at radius 3 is 2.80 bits per heavy atom. The van der Waals surface area contributed by atoms with E-state index in [2.05, 4.69) is 5.32 Å². The van der Waals surface area contributed by atoms with Gasteiger partial charge in [0.05, 0.1) is 6.42 Å². The number of carbonyl (C=O) groups excluding carboxylic acids is 2. The maximum Gasteiger partial charge on any atom is 0.228 e. The van der Waals surface area contributed by atoms with E-state index >= 15 is 0 Å². The van der Waals surface area contributed by atoms with Crippen LogP contribution >= 0.6 is 0 Å². The van der Waals surface area contributed by atoms with E-state index in [0.717, 1.165) is 29.2 Å². The monoisotopic (exact) mass is 271 g/mol. The van der Waals surface area contributed by atoms with Crippen molar-refractivity contribution in [2.24, 2.45) is 5.92 Å². The van der Waals surface area contributed by atoms with Crippen LogP contribution in [0.15, 0.2) is 18.2 Å². The summed E-state index contributed by atoms with van der Waals surface area (Å²) in [5.41, 5.74) is 2.58. The first-order chi connectivity index (χ1) is 9.72. The van der Waals surface area contributed by atoms with Gasteiger partial charge in [0, 0.05) is 17.7 Å². The van der Waals surface area contributed by atoms with Crippen molar-refractivity contribution in [3.8, 4) is 0 Å². The van der Waals surface area contributed by atoms with Crippen molar-refractivity contribution in [2.75, 3.05) is 5.32 Å². The summed E-state index contributed by atoms with van der Waals surface area (Å²) >= 11 is 0. The molecule has 1 amide bonds. The number of nitrogens with one attached hydrogen (secondary N) is 1. The number of rotatable bonds is 4. The van der Waals surface area contributed by atoms with E-state index in [1.807, 2.05) is 18.2 Å². The first-order valence-corrected chi connectivity index (χ1v) is 7.68. The zero-order valence-electron chi connectivity index (χ0n) is 11.8. The average molecular weight is 271 g/mol. The van der Waals surface area contributed by atoms with Crippen molar-refractivity contribution < 1.29 is 9.59 Å². The summed E-state index contributed by atoms with van der Waals surface area (Å²) in [4.78, 5) is 23.6. The summed E-state index contributed by atoms with van der Waals surface area (Å²) < 4.78 is 0. The Hall–Kier alpha value is -1.64. The first-order valence-electron chi connectivity index (χ1n) is 7.68. The standard InChI is InChI=1S/C17H21NO2/c19-16(9-6-12-4-2-1-3-5-12)13-7-8-15-14(10-13)11-17(20)18-15/h7-8,10,12H,1-6,9,11H2,(H,18,20). The highest BCUT2D eigenvalue weighted by atomic mass is 16.1. The molecule has 0 radical (unpaired) electrons. The number of anilines is 1. The van der Waals surface area contributed by atoms with E-state index in [1.165, 1.54) is 32.1 Å². The summed E-state index contributed by atoms with van der Waals surface area (Å²) in [6.45, 7) is 0. The van der Waals surface area contributed by atoms with Crippen LogP contribution in [0, 0.1) is 5.92 Å². The van der Waals surface area contributed by atoms with Gasteiger partial charge in [-0.05, 0) is 36.1 Å². The molecule has 0 bridgehead atoms. The van der Waals surface area contributed by atoms with Crippen LogP contribution in [-0.2, 0) is 11.2 Å². The molecule has 1 aliphatic carbocycles. The fraction of sp³-hybridized carbons (Fsp3) is 0.529. The summed E-state index contributed by atoms with van der Waals surface area (Å²) in [5, 5.41) is 2.80. The van der Waals surface area contributed by atoms with E-state index in [4.69, 9.17) is 0 Å². The van der Waals surface area contributed by atoms with Crippen LogP contribution in [0.3, 0.4) is 0 Å². The molecule has 1 aromatic rings. The number of hydrogen-bond donors (Lipinski definition) is 1. The first kappa shape index (κ1) is 13.3. The van der Waals surface area contributed by atoms with E-state index in [-0.39, 0.29) is 11.7 Å². The molecule has 20 heavy (non-hydrogen) atoms. The number of amides is 1. The minimum atomic E-state index is 0.0202. The Bertz CT molecular complexity index is 530. The van der Waals surface area contributed by atoms with Crippen molar-refractivity contribution in [1.29, 1.82) is 0 Å². The SMILES string of the molecule is O=C1Cc2cc(C(=O)CCC3CCCCC3)ccc2N1. The van der Waals surface area contributed by atoms with Crippen molar-refractivity contribution in [3.63, 3.8) is 0 Å². The molecule has 2 aliphatic rings. The average Bonchev–Trinajstić information content (AvgIpc) is 2.85. The van der Waals surface area contributed by atoms with Crippen LogP contribution in [0.1, 0.15) is 60.9 Å². The van der Waals surface area contributed by atoms with E-state index < -0.39 is 0 Å². The Morgan fingerprint density at radius 1 is 1.20 bits per heavy atom. The summed E-state index contributed by atoms with van der Waals surface area (Å²) in [5.74, 6) is 0.981. The molecule has 1 saturated carbocycles. The quantitative estimate of drug-likeness (QED) is 0.848. The molecule has 0 atom stereocenters. The van der Waals surface area contributed by atoms with Crippen LogP contribution in [0.25, 0.3) is 0 Å². The fourth-order valence-electron chi connectivity index (χ4n) is 3.36. The lowest BCUT2D eigenvalue weighted by atomic mass is 9.85. The molecule has 0 saturated heterocycles. The Morgan fingerprint density at radius 2 is 2.00 bits per heavy atom. The van der Waals surface area contributed by atoms with Crippen molar-refractivity contribution >= 4 is 17.4 Å². The second kappa shape index (κ2) is 5.78. The second-order valence-electron chi connectivity index (χ2n) is 6.06. The Labute approximate surface area is 119 Å². The molecular weight excluding hydrogens is 250 g/mol. The number of ketones is 1. The van der Waals surface area contributed by atoms with Gasteiger partial charge >= 0.3 is 0 Å². The highest BCUT2D eigenvalue weighted by molar-refractivity contribution is 6.02. The Kier molecular flexibility index (Phi) is 3.86.